The third-order valence-corrected chi connectivity index (χ3v) is 4.96. The van der Waals surface area contributed by atoms with Gasteiger partial charge < -0.3 is 20.3 Å². The van der Waals surface area contributed by atoms with Crippen LogP contribution in [0.3, 0.4) is 0 Å². The molecule has 0 aliphatic carbocycles. The van der Waals surface area contributed by atoms with E-state index in [4.69, 9.17) is 4.74 Å². The molecule has 2 aliphatic heterocycles. The second-order valence-corrected chi connectivity index (χ2v) is 6.92. The maximum absolute atomic E-state index is 12.1. The van der Waals surface area contributed by atoms with Crippen molar-refractivity contribution < 1.29 is 14.3 Å². The van der Waals surface area contributed by atoms with Crippen LogP contribution in [0.4, 0.5) is 5.69 Å². The molecular formula is C21H23N3O3. The van der Waals surface area contributed by atoms with E-state index < -0.39 is 0 Å². The third-order valence-electron chi connectivity index (χ3n) is 4.96. The normalized spacial score (nSPS) is 15.7. The molecule has 0 unspecified atom stereocenters. The van der Waals surface area contributed by atoms with E-state index in [1.54, 1.807) is 11.0 Å². The van der Waals surface area contributed by atoms with Crippen LogP contribution in [0.2, 0.25) is 0 Å². The number of hydrogen-bond donors (Lipinski definition) is 2. The zero-order valence-electron chi connectivity index (χ0n) is 15.2. The highest BCUT2D eigenvalue weighted by Crippen LogP contribution is 2.25. The Kier molecular flexibility index (Phi) is 5.07. The van der Waals surface area contributed by atoms with E-state index in [9.17, 15) is 9.59 Å². The predicted molar refractivity (Wildman–Crippen MR) is 102 cm³/mol. The van der Waals surface area contributed by atoms with Crippen molar-refractivity contribution in [1.29, 1.82) is 0 Å². The van der Waals surface area contributed by atoms with Gasteiger partial charge in [-0.2, -0.15) is 0 Å². The third kappa shape index (κ3) is 4.11. The van der Waals surface area contributed by atoms with Gasteiger partial charge in [0.2, 0.25) is 5.91 Å². The van der Waals surface area contributed by atoms with Gasteiger partial charge in [-0.1, -0.05) is 24.3 Å². The van der Waals surface area contributed by atoms with Crippen LogP contribution in [0.25, 0.3) is 0 Å². The Bertz CT molecular complexity index is 866. The Morgan fingerprint density at radius 3 is 2.89 bits per heavy atom. The fraction of sp³-hybridized carbons (Fsp3) is 0.333. The van der Waals surface area contributed by atoms with Gasteiger partial charge in [0.25, 0.3) is 5.91 Å². The van der Waals surface area contributed by atoms with Gasteiger partial charge >= 0.3 is 0 Å². The van der Waals surface area contributed by atoms with Crippen molar-refractivity contribution in [3.05, 3.63) is 59.2 Å². The molecule has 2 N–H and O–H groups in total. The first-order valence-electron chi connectivity index (χ1n) is 9.30. The Morgan fingerprint density at radius 2 is 2.04 bits per heavy atom. The van der Waals surface area contributed by atoms with Crippen molar-refractivity contribution >= 4 is 17.5 Å². The van der Waals surface area contributed by atoms with Crippen molar-refractivity contribution in [2.45, 2.75) is 32.5 Å². The van der Waals surface area contributed by atoms with Gasteiger partial charge in [-0.25, -0.2) is 0 Å². The van der Waals surface area contributed by atoms with Crippen molar-refractivity contribution in [2.24, 2.45) is 0 Å². The molecule has 2 heterocycles. The summed E-state index contributed by atoms with van der Waals surface area (Å²) in [5.74, 6) is 0.552. The van der Waals surface area contributed by atoms with Gasteiger partial charge in [-0.05, 0) is 35.2 Å². The molecular weight excluding hydrogens is 342 g/mol. The summed E-state index contributed by atoms with van der Waals surface area (Å²) in [6.45, 7) is 2.97. The lowest BCUT2D eigenvalue weighted by atomic mass is 10.1. The summed E-state index contributed by atoms with van der Waals surface area (Å²) in [5, 5.41) is 6.20. The number of nitrogens with zero attached hydrogens (tertiary/aromatic N) is 1. The van der Waals surface area contributed by atoms with Crippen molar-refractivity contribution in [1.82, 2.24) is 10.6 Å². The standard InChI is InChI=1S/C21H23N3O3/c25-20(23-11-15-6-7-16-12-22-13-17(16)9-15)14-27-19-4-1-3-18(10-19)24-8-2-5-21(24)26/h1,3-4,6-7,9-10,22H,2,5,8,11-14H2,(H,23,25). The molecule has 2 aromatic rings. The first-order valence-corrected chi connectivity index (χ1v) is 9.30. The quantitative estimate of drug-likeness (QED) is 0.823. The van der Waals surface area contributed by atoms with Crippen LogP contribution in [0, 0.1) is 0 Å². The fourth-order valence-electron chi connectivity index (χ4n) is 3.52. The van der Waals surface area contributed by atoms with E-state index in [2.05, 4.69) is 22.8 Å². The molecule has 0 bridgehead atoms. The minimum Gasteiger partial charge on any atom is -0.484 e. The highest BCUT2D eigenvalue weighted by molar-refractivity contribution is 5.95. The Hall–Kier alpha value is -2.86. The molecule has 0 spiro atoms. The van der Waals surface area contributed by atoms with E-state index in [0.717, 1.165) is 37.3 Å². The molecule has 6 heteroatoms. The first kappa shape index (κ1) is 17.5. The van der Waals surface area contributed by atoms with Crippen LogP contribution < -0.4 is 20.3 Å². The Morgan fingerprint density at radius 1 is 1.15 bits per heavy atom. The summed E-state index contributed by atoms with van der Waals surface area (Å²) in [6.07, 6.45) is 1.47. The minimum absolute atomic E-state index is 0.0517. The molecule has 0 aromatic heterocycles. The molecule has 0 atom stereocenters. The van der Waals surface area contributed by atoms with Gasteiger partial charge in [0.1, 0.15) is 5.75 Å². The average molecular weight is 365 g/mol. The Balaban J connectivity index is 1.28. The van der Waals surface area contributed by atoms with E-state index in [-0.39, 0.29) is 18.4 Å². The average Bonchev–Trinajstić information content (AvgIpc) is 3.33. The smallest absolute Gasteiger partial charge is 0.258 e. The molecule has 2 amide bonds. The maximum Gasteiger partial charge on any atom is 0.258 e. The van der Waals surface area contributed by atoms with Crippen LogP contribution in [0.5, 0.6) is 5.75 Å². The van der Waals surface area contributed by atoms with Crippen molar-refractivity contribution in [3.8, 4) is 5.75 Å². The second-order valence-electron chi connectivity index (χ2n) is 6.92. The maximum atomic E-state index is 12.1. The number of rotatable bonds is 6. The number of anilines is 1. The number of ether oxygens (including phenoxy) is 1. The lowest BCUT2D eigenvalue weighted by molar-refractivity contribution is -0.123. The topological polar surface area (TPSA) is 70.7 Å². The van der Waals surface area contributed by atoms with E-state index >= 15 is 0 Å². The first-order chi connectivity index (χ1) is 13.2. The molecule has 0 saturated carbocycles. The molecule has 2 aromatic carbocycles. The van der Waals surface area contributed by atoms with Gasteiger partial charge in [0.15, 0.2) is 6.61 Å². The van der Waals surface area contributed by atoms with Crippen LogP contribution in [0.15, 0.2) is 42.5 Å². The summed E-state index contributed by atoms with van der Waals surface area (Å²) < 4.78 is 5.61. The van der Waals surface area contributed by atoms with Crippen LogP contribution in [-0.2, 0) is 29.2 Å². The monoisotopic (exact) mass is 365 g/mol. The number of carbonyl (C=O) groups excluding carboxylic acids is 2. The highest BCUT2D eigenvalue weighted by Gasteiger charge is 2.21. The molecule has 27 heavy (non-hydrogen) atoms. The van der Waals surface area contributed by atoms with Crippen LogP contribution in [-0.4, -0.2) is 25.0 Å². The van der Waals surface area contributed by atoms with Crippen LogP contribution in [0.1, 0.15) is 29.5 Å². The summed E-state index contributed by atoms with van der Waals surface area (Å²) in [7, 11) is 0. The summed E-state index contributed by atoms with van der Waals surface area (Å²) in [6, 6.07) is 13.6. The van der Waals surface area contributed by atoms with Crippen molar-refractivity contribution in [2.75, 3.05) is 18.1 Å². The van der Waals surface area contributed by atoms with E-state index in [0.29, 0.717) is 18.7 Å². The SMILES string of the molecule is O=C(COc1cccc(N2CCCC2=O)c1)NCc1ccc2c(c1)CNC2. The largest absolute Gasteiger partial charge is 0.484 e. The zero-order valence-corrected chi connectivity index (χ0v) is 15.2. The molecule has 1 saturated heterocycles. The number of nitrogens with one attached hydrogen (secondary N) is 2. The van der Waals surface area contributed by atoms with Crippen molar-refractivity contribution in [3.63, 3.8) is 0 Å². The molecule has 0 radical (unpaired) electrons. The fourth-order valence-corrected chi connectivity index (χ4v) is 3.52. The summed E-state index contributed by atoms with van der Waals surface area (Å²) in [5.41, 5.74) is 4.53. The van der Waals surface area contributed by atoms with Gasteiger partial charge in [0.05, 0.1) is 0 Å². The zero-order chi connectivity index (χ0) is 18.6. The number of fused-ring (bicyclic) bond motifs is 1. The molecule has 6 nitrogen and oxygen atoms in total. The lowest BCUT2D eigenvalue weighted by Crippen LogP contribution is -2.28. The number of benzene rings is 2. The lowest BCUT2D eigenvalue weighted by Gasteiger charge is -2.16. The molecule has 4 rings (SSSR count). The Labute approximate surface area is 158 Å². The van der Waals surface area contributed by atoms with E-state index in [1.807, 2.05) is 24.3 Å². The van der Waals surface area contributed by atoms with Gasteiger partial charge in [-0.3, -0.25) is 9.59 Å². The van der Waals surface area contributed by atoms with Gasteiger partial charge in [-0.15, -0.1) is 0 Å². The number of hydrogen-bond acceptors (Lipinski definition) is 4. The van der Waals surface area contributed by atoms with E-state index in [1.165, 1.54) is 11.1 Å². The molecule has 140 valence electrons. The molecule has 2 aliphatic rings. The highest BCUT2D eigenvalue weighted by atomic mass is 16.5. The second kappa shape index (κ2) is 7.80. The minimum atomic E-state index is -0.170. The predicted octanol–water partition coefficient (Wildman–Crippen LogP) is 2.11. The van der Waals surface area contributed by atoms with Gasteiger partial charge in [0, 0.05) is 44.4 Å². The van der Waals surface area contributed by atoms with Crippen LogP contribution >= 0.6 is 0 Å². The summed E-state index contributed by atoms with van der Waals surface area (Å²) >= 11 is 0. The number of carbonyl (C=O) groups is 2. The number of amides is 2. The summed E-state index contributed by atoms with van der Waals surface area (Å²) in [4.78, 5) is 25.7. The molecule has 1 fully saturated rings.